The Morgan fingerprint density at radius 2 is 1.93 bits per heavy atom. The highest BCUT2D eigenvalue weighted by Gasteiger charge is 2.08. The van der Waals surface area contributed by atoms with Crippen LogP contribution in [0.25, 0.3) is 6.08 Å². The van der Waals surface area contributed by atoms with Gasteiger partial charge < -0.3 is 15.3 Å². The molecule has 0 bridgehead atoms. The zero-order valence-corrected chi connectivity index (χ0v) is 16.2. The number of aryl methyl sites for hydroxylation is 1. The molecule has 0 atom stereocenters. The van der Waals surface area contributed by atoms with E-state index in [1.54, 1.807) is 19.2 Å². The summed E-state index contributed by atoms with van der Waals surface area (Å²) in [4.78, 5) is 46.2. The molecule has 0 fully saturated rings. The predicted octanol–water partition coefficient (Wildman–Crippen LogP) is 2.67. The van der Waals surface area contributed by atoms with Crippen LogP contribution in [0.3, 0.4) is 0 Å². The zero-order valence-electron chi connectivity index (χ0n) is 16.2. The van der Waals surface area contributed by atoms with Crippen LogP contribution in [0.5, 0.6) is 0 Å². The number of aldehydes is 1. The number of carbonyl (C=O) groups is 4. The molecule has 1 rings (SSSR count). The van der Waals surface area contributed by atoms with Crippen molar-refractivity contribution in [3.63, 3.8) is 0 Å². The number of nitrogens with zero attached hydrogens (tertiary/aromatic N) is 1. The summed E-state index contributed by atoms with van der Waals surface area (Å²) in [7, 11) is 1.64. The van der Waals surface area contributed by atoms with Crippen molar-refractivity contribution < 1.29 is 24.3 Å². The quantitative estimate of drug-likeness (QED) is 0.346. The average molecular weight is 386 g/mol. The molecule has 2 N–H and O–H groups in total. The molecule has 0 aliphatic heterocycles. The second kappa shape index (κ2) is 12.2. The van der Waals surface area contributed by atoms with Crippen LogP contribution in [0.15, 0.2) is 36.4 Å². The third kappa shape index (κ3) is 8.44. The fourth-order valence-electron chi connectivity index (χ4n) is 2.50. The number of anilines is 1. The molecule has 0 aliphatic carbocycles. The predicted molar refractivity (Wildman–Crippen MR) is 108 cm³/mol. The standard InChI is InChI=1S/C21H26N2O5/c1-3-17-11-9-16(10-12-21(27)28)15-18(17)22-19(25)7-4-5-13-23(2)20(26)8-6-14-24/h6,8-12,14-15H,3-5,7,13H2,1-2H3,(H,22,25)(H,27,28)/b8-6-,12-10+. The zero-order chi connectivity index (χ0) is 20.9. The summed E-state index contributed by atoms with van der Waals surface area (Å²) in [5, 5.41) is 11.6. The van der Waals surface area contributed by atoms with E-state index in [0.717, 1.165) is 24.1 Å². The summed E-state index contributed by atoms with van der Waals surface area (Å²) >= 11 is 0. The molecule has 7 nitrogen and oxygen atoms in total. The summed E-state index contributed by atoms with van der Waals surface area (Å²) in [6.45, 7) is 2.47. The Morgan fingerprint density at radius 1 is 1.18 bits per heavy atom. The second-order valence-electron chi connectivity index (χ2n) is 6.20. The molecule has 1 aromatic rings. The molecule has 28 heavy (non-hydrogen) atoms. The Bertz CT molecular complexity index is 768. The molecule has 0 saturated heterocycles. The largest absolute Gasteiger partial charge is 0.478 e. The van der Waals surface area contributed by atoms with E-state index >= 15 is 0 Å². The van der Waals surface area contributed by atoms with E-state index in [0.29, 0.717) is 43.3 Å². The molecule has 0 heterocycles. The van der Waals surface area contributed by atoms with Gasteiger partial charge in [0, 0.05) is 37.9 Å². The van der Waals surface area contributed by atoms with Gasteiger partial charge in [-0.1, -0.05) is 19.1 Å². The molecule has 0 radical (unpaired) electrons. The first-order valence-corrected chi connectivity index (χ1v) is 9.08. The van der Waals surface area contributed by atoms with Crippen molar-refractivity contribution in [1.82, 2.24) is 4.90 Å². The van der Waals surface area contributed by atoms with Gasteiger partial charge in [0.05, 0.1) is 0 Å². The number of rotatable bonds is 11. The molecule has 0 aromatic heterocycles. The smallest absolute Gasteiger partial charge is 0.328 e. The number of hydrogen-bond donors (Lipinski definition) is 2. The normalized spacial score (nSPS) is 10.9. The number of aliphatic carboxylic acids is 1. The summed E-state index contributed by atoms with van der Waals surface area (Å²) in [6.07, 6.45) is 7.75. The van der Waals surface area contributed by atoms with Gasteiger partial charge in [-0.05, 0) is 48.6 Å². The van der Waals surface area contributed by atoms with E-state index < -0.39 is 5.97 Å². The van der Waals surface area contributed by atoms with Gasteiger partial charge in [-0.25, -0.2) is 4.79 Å². The maximum atomic E-state index is 12.2. The van der Waals surface area contributed by atoms with Crippen molar-refractivity contribution in [2.24, 2.45) is 0 Å². The van der Waals surface area contributed by atoms with Crippen molar-refractivity contribution in [2.45, 2.75) is 32.6 Å². The van der Waals surface area contributed by atoms with Crippen LogP contribution in [-0.2, 0) is 25.6 Å². The third-order valence-corrected chi connectivity index (χ3v) is 4.05. The van der Waals surface area contributed by atoms with Crippen LogP contribution in [0.1, 0.15) is 37.3 Å². The van der Waals surface area contributed by atoms with Crippen LogP contribution in [0.2, 0.25) is 0 Å². The number of likely N-dealkylation sites (N-methyl/N-ethyl adjacent to an activating group) is 1. The summed E-state index contributed by atoms with van der Waals surface area (Å²) in [5.41, 5.74) is 2.33. The molecule has 1 aromatic carbocycles. The van der Waals surface area contributed by atoms with E-state index in [1.165, 1.54) is 17.1 Å². The minimum absolute atomic E-state index is 0.135. The first kappa shape index (κ1) is 22.8. The maximum absolute atomic E-state index is 12.2. The molecule has 2 amide bonds. The molecule has 7 heteroatoms. The number of carboxylic acid groups (broad SMARTS) is 1. The van der Waals surface area contributed by atoms with Gasteiger partial charge in [-0.15, -0.1) is 0 Å². The highest BCUT2D eigenvalue weighted by atomic mass is 16.4. The average Bonchev–Trinajstić information content (AvgIpc) is 2.67. The molecule has 0 saturated carbocycles. The summed E-state index contributed by atoms with van der Waals surface area (Å²) < 4.78 is 0. The number of benzene rings is 1. The van der Waals surface area contributed by atoms with E-state index in [4.69, 9.17) is 5.11 Å². The van der Waals surface area contributed by atoms with Gasteiger partial charge in [0.2, 0.25) is 11.8 Å². The summed E-state index contributed by atoms with van der Waals surface area (Å²) in [6, 6.07) is 5.42. The first-order valence-electron chi connectivity index (χ1n) is 9.08. The SMILES string of the molecule is CCc1ccc(/C=C/C(=O)O)cc1NC(=O)CCCCN(C)C(=O)/C=C\C=O. The minimum atomic E-state index is -1.03. The van der Waals surface area contributed by atoms with E-state index in [1.807, 2.05) is 13.0 Å². The van der Waals surface area contributed by atoms with Gasteiger partial charge in [0.25, 0.3) is 0 Å². The highest BCUT2D eigenvalue weighted by molar-refractivity contribution is 5.92. The van der Waals surface area contributed by atoms with Gasteiger partial charge in [0.15, 0.2) is 0 Å². The Balaban J connectivity index is 2.55. The van der Waals surface area contributed by atoms with Crippen LogP contribution >= 0.6 is 0 Å². The molecule has 0 unspecified atom stereocenters. The van der Waals surface area contributed by atoms with E-state index in [9.17, 15) is 19.2 Å². The van der Waals surface area contributed by atoms with Gasteiger partial charge in [0.1, 0.15) is 6.29 Å². The second-order valence-corrected chi connectivity index (χ2v) is 6.20. The third-order valence-electron chi connectivity index (χ3n) is 4.05. The number of allylic oxidation sites excluding steroid dienone is 1. The molecular weight excluding hydrogens is 360 g/mol. The number of amides is 2. The number of carboxylic acids is 1. The first-order chi connectivity index (χ1) is 13.4. The summed E-state index contributed by atoms with van der Waals surface area (Å²) in [5.74, 6) is -1.42. The van der Waals surface area contributed by atoms with Crippen LogP contribution in [0.4, 0.5) is 5.69 Å². The van der Waals surface area contributed by atoms with Gasteiger partial charge >= 0.3 is 5.97 Å². The van der Waals surface area contributed by atoms with Crippen molar-refractivity contribution in [2.75, 3.05) is 18.9 Å². The van der Waals surface area contributed by atoms with Gasteiger partial charge in [-0.3, -0.25) is 14.4 Å². The number of carbonyl (C=O) groups excluding carboxylic acids is 3. The van der Waals surface area contributed by atoms with Crippen LogP contribution < -0.4 is 5.32 Å². The molecular formula is C21H26N2O5. The lowest BCUT2D eigenvalue weighted by Crippen LogP contribution is -2.26. The van der Waals surface area contributed by atoms with E-state index in [-0.39, 0.29) is 11.8 Å². The minimum Gasteiger partial charge on any atom is -0.478 e. The lowest BCUT2D eigenvalue weighted by atomic mass is 10.1. The molecule has 0 aliphatic rings. The number of nitrogens with one attached hydrogen (secondary N) is 1. The van der Waals surface area contributed by atoms with Crippen molar-refractivity contribution in [3.05, 3.63) is 47.6 Å². The monoisotopic (exact) mass is 386 g/mol. The lowest BCUT2D eigenvalue weighted by Gasteiger charge is -2.15. The number of hydrogen-bond acceptors (Lipinski definition) is 4. The maximum Gasteiger partial charge on any atom is 0.328 e. The van der Waals surface area contributed by atoms with Gasteiger partial charge in [-0.2, -0.15) is 0 Å². The highest BCUT2D eigenvalue weighted by Crippen LogP contribution is 2.20. The fourth-order valence-corrected chi connectivity index (χ4v) is 2.50. The molecule has 150 valence electrons. The Hall–Kier alpha value is -3.22. The van der Waals surface area contributed by atoms with Crippen LogP contribution in [-0.4, -0.2) is 47.7 Å². The van der Waals surface area contributed by atoms with E-state index in [2.05, 4.69) is 5.32 Å². The Labute approximate surface area is 164 Å². The van der Waals surface area contributed by atoms with Crippen molar-refractivity contribution in [3.8, 4) is 0 Å². The van der Waals surface area contributed by atoms with Crippen LogP contribution in [0, 0.1) is 0 Å². The fraction of sp³-hybridized carbons (Fsp3) is 0.333. The van der Waals surface area contributed by atoms with Crippen molar-refractivity contribution >= 4 is 35.8 Å². The molecule has 0 spiro atoms. The lowest BCUT2D eigenvalue weighted by molar-refractivity contribution is -0.131. The topological polar surface area (TPSA) is 104 Å². The number of unbranched alkanes of at least 4 members (excludes halogenated alkanes) is 1. The Kier molecular flexibility index (Phi) is 9.96. The van der Waals surface area contributed by atoms with Crippen molar-refractivity contribution in [1.29, 1.82) is 0 Å². The Morgan fingerprint density at radius 3 is 2.57 bits per heavy atom.